The highest BCUT2D eigenvalue weighted by atomic mass is 32.2. The van der Waals surface area contributed by atoms with Crippen LogP contribution in [0.3, 0.4) is 0 Å². The summed E-state index contributed by atoms with van der Waals surface area (Å²) < 4.78 is 12.9. The van der Waals surface area contributed by atoms with Gasteiger partial charge in [-0.2, -0.15) is 11.8 Å². The maximum absolute atomic E-state index is 12.9. The molecular weight excluding hydrogens is 359 g/mol. The van der Waals surface area contributed by atoms with E-state index in [-0.39, 0.29) is 18.3 Å². The number of hydrogen-bond acceptors (Lipinski definition) is 5. The van der Waals surface area contributed by atoms with Crippen molar-refractivity contribution in [1.29, 1.82) is 0 Å². The normalized spacial score (nSPS) is 10.6. The van der Waals surface area contributed by atoms with E-state index in [1.54, 1.807) is 42.2 Å². The van der Waals surface area contributed by atoms with E-state index in [9.17, 15) is 9.18 Å². The van der Waals surface area contributed by atoms with Gasteiger partial charge in [0.15, 0.2) is 0 Å². The summed E-state index contributed by atoms with van der Waals surface area (Å²) in [5, 5.41) is 12.3. The zero-order chi connectivity index (χ0) is 17.9. The zero-order valence-electron chi connectivity index (χ0n) is 13.8. The molecule has 2 rings (SSSR count). The summed E-state index contributed by atoms with van der Waals surface area (Å²) in [6.45, 7) is 0.773. The van der Waals surface area contributed by atoms with Crippen molar-refractivity contribution >= 4 is 29.4 Å². The predicted octanol–water partition coefficient (Wildman–Crippen LogP) is 3.36. The third-order valence-electron chi connectivity index (χ3n) is 3.28. The Labute approximate surface area is 155 Å². The molecule has 1 heterocycles. The monoisotopic (exact) mass is 380 g/mol. The minimum atomic E-state index is -0.261. The Morgan fingerprint density at radius 3 is 2.76 bits per heavy atom. The second-order valence-corrected chi connectivity index (χ2v) is 7.41. The van der Waals surface area contributed by atoms with Crippen LogP contribution < -0.4 is 5.32 Å². The summed E-state index contributed by atoms with van der Waals surface area (Å²) in [5.41, 5.74) is 1.53. The van der Waals surface area contributed by atoms with Crippen LogP contribution in [0.2, 0.25) is 0 Å². The van der Waals surface area contributed by atoms with Crippen LogP contribution in [0.15, 0.2) is 47.6 Å². The Bertz CT molecular complexity index is 668. The van der Waals surface area contributed by atoms with Gasteiger partial charge in [0.25, 0.3) is 5.91 Å². The van der Waals surface area contributed by atoms with Crippen molar-refractivity contribution in [2.75, 3.05) is 24.7 Å². The molecule has 0 radical (unpaired) electrons. The highest BCUT2D eigenvalue weighted by Crippen LogP contribution is 2.24. The molecule has 0 unspecified atom stereocenters. The van der Waals surface area contributed by atoms with E-state index in [1.165, 1.54) is 23.9 Å². The van der Waals surface area contributed by atoms with Gasteiger partial charge in [-0.25, -0.2) is 9.37 Å². The Hall–Kier alpha value is -1.57. The lowest BCUT2D eigenvalue weighted by Gasteiger charge is -2.09. The molecule has 4 nitrogen and oxygen atoms in total. The molecule has 2 N–H and O–H groups in total. The molecule has 0 aliphatic rings. The van der Waals surface area contributed by atoms with E-state index in [2.05, 4.69) is 10.3 Å². The van der Waals surface area contributed by atoms with E-state index < -0.39 is 0 Å². The Morgan fingerprint density at radius 1 is 1.20 bits per heavy atom. The molecule has 0 aliphatic carbocycles. The molecule has 25 heavy (non-hydrogen) atoms. The second-order valence-electron chi connectivity index (χ2n) is 5.22. The first-order valence-corrected chi connectivity index (χ1v) is 10.1. The van der Waals surface area contributed by atoms with Crippen LogP contribution in [-0.2, 0) is 5.75 Å². The molecule has 7 heteroatoms. The topological polar surface area (TPSA) is 62.2 Å². The van der Waals surface area contributed by atoms with Crippen LogP contribution in [0.5, 0.6) is 0 Å². The van der Waals surface area contributed by atoms with Gasteiger partial charge in [0.2, 0.25) is 0 Å². The Morgan fingerprint density at radius 2 is 2.00 bits per heavy atom. The van der Waals surface area contributed by atoms with Crippen molar-refractivity contribution in [3.63, 3.8) is 0 Å². The molecule has 2 aromatic rings. The van der Waals surface area contributed by atoms with Crippen molar-refractivity contribution < 1.29 is 14.3 Å². The fourth-order valence-corrected chi connectivity index (χ4v) is 3.74. The van der Waals surface area contributed by atoms with E-state index >= 15 is 0 Å². The summed E-state index contributed by atoms with van der Waals surface area (Å²) in [7, 11) is 0. The van der Waals surface area contributed by atoms with Crippen LogP contribution in [-0.4, -0.2) is 40.7 Å². The molecule has 134 valence electrons. The van der Waals surface area contributed by atoms with Crippen molar-refractivity contribution in [3.05, 3.63) is 59.5 Å². The minimum Gasteiger partial charge on any atom is -0.396 e. The number of rotatable bonds is 10. The van der Waals surface area contributed by atoms with Gasteiger partial charge < -0.3 is 10.4 Å². The molecule has 0 saturated heterocycles. The Balaban J connectivity index is 1.86. The van der Waals surface area contributed by atoms with Crippen LogP contribution in [0.4, 0.5) is 4.39 Å². The summed E-state index contributed by atoms with van der Waals surface area (Å²) in [6, 6.07) is 9.82. The fraction of sp³-hybridized carbons (Fsp3) is 0.333. The number of halogens is 1. The van der Waals surface area contributed by atoms with Gasteiger partial charge in [0.1, 0.15) is 10.8 Å². The predicted molar refractivity (Wildman–Crippen MR) is 102 cm³/mol. The number of benzene rings is 1. The number of pyridine rings is 1. The number of nitrogens with zero attached hydrogens (tertiary/aromatic N) is 1. The van der Waals surface area contributed by atoms with Crippen molar-refractivity contribution in [2.24, 2.45) is 0 Å². The molecule has 1 aromatic carbocycles. The number of nitrogens with one attached hydrogen (secondary N) is 1. The molecular formula is C18H21FN2O2S2. The summed E-state index contributed by atoms with van der Waals surface area (Å²) in [6.07, 6.45) is 2.43. The number of aromatic nitrogens is 1. The third kappa shape index (κ3) is 7.05. The maximum Gasteiger partial charge on any atom is 0.254 e. The van der Waals surface area contributed by atoms with Crippen LogP contribution in [0.1, 0.15) is 22.3 Å². The molecule has 1 amide bonds. The van der Waals surface area contributed by atoms with Gasteiger partial charge in [-0.3, -0.25) is 4.79 Å². The van der Waals surface area contributed by atoms with Crippen molar-refractivity contribution in [1.82, 2.24) is 10.3 Å². The van der Waals surface area contributed by atoms with Crippen LogP contribution in [0.25, 0.3) is 0 Å². The highest BCUT2D eigenvalue weighted by Gasteiger charge is 2.12. The smallest absolute Gasteiger partial charge is 0.254 e. The first-order valence-electron chi connectivity index (χ1n) is 8.00. The van der Waals surface area contributed by atoms with Gasteiger partial charge in [-0.15, -0.1) is 11.8 Å². The number of thioether (sulfide) groups is 2. The van der Waals surface area contributed by atoms with Gasteiger partial charge >= 0.3 is 0 Å². The standard InChI is InChI=1S/C18H21FN2O2S2/c19-15-6-4-14(5-7-15)13-25-18-16(3-1-8-21-18)17(23)20-9-12-24-11-2-10-22/h1,3-8,22H,2,9-13H2,(H,20,23). The van der Waals surface area contributed by atoms with Crippen LogP contribution >= 0.6 is 23.5 Å². The summed E-state index contributed by atoms with van der Waals surface area (Å²) >= 11 is 3.16. The lowest BCUT2D eigenvalue weighted by molar-refractivity contribution is 0.0952. The molecule has 0 spiro atoms. The lowest BCUT2D eigenvalue weighted by Crippen LogP contribution is -2.26. The van der Waals surface area contributed by atoms with Crippen molar-refractivity contribution in [2.45, 2.75) is 17.2 Å². The highest BCUT2D eigenvalue weighted by molar-refractivity contribution is 7.99. The first kappa shape index (κ1) is 19.8. The van der Waals surface area contributed by atoms with Gasteiger partial charge in [0, 0.05) is 30.9 Å². The maximum atomic E-state index is 12.9. The molecule has 0 saturated carbocycles. The molecule has 0 atom stereocenters. The third-order valence-corrected chi connectivity index (χ3v) is 5.43. The molecule has 0 fully saturated rings. The van der Waals surface area contributed by atoms with Gasteiger partial charge in [-0.1, -0.05) is 12.1 Å². The SMILES string of the molecule is O=C(NCCSCCCO)c1cccnc1SCc1ccc(F)cc1. The zero-order valence-corrected chi connectivity index (χ0v) is 15.4. The number of aliphatic hydroxyl groups is 1. The lowest BCUT2D eigenvalue weighted by atomic mass is 10.2. The van der Waals surface area contributed by atoms with E-state index in [4.69, 9.17) is 5.11 Å². The second kappa shape index (κ2) is 11.1. The number of hydrogen-bond donors (Lipinski definition) is 2. The summed E-state index contributed by atoms with van der Waals surface area (Å²) in [4.78, 5) is 16.6. The van der Waals surface area contributed by atoms with Crippen molar-refractivity contribution in [3.8, 4) is 0 Å². The first-order chi connectivity index (χ1) is 12.2. The van der Waals surface area contributed by atoms with Gasteiger partial charge in [-0.05, 0) is 42.0 Å². The minimum absolute atomic E-state index is 0.141. The Kier molecular flexibility index (Phi) is 8.79. The number of carbonyl (C=O) groups excluding carboxylic acids is 1. The number of amides is 1. The van der Waals surface area contributed by atoms with Gasteiger partial charge in [0.05, 0.1) is 5.56 Å². The number of carbonyl (C=O) groups is 1. The average Bonchev–Trinajstić information content (AvgIpc) is 2.64. The van der Waals surface area contributed by atoms with E-state index in [0.29, 0.717) is 22.9 Å². The molecule has 0 bridgehead atoms. The van der Waals surface area contributed by atoms with E-state index in [1.807, 2.05) is 0 Å². The molecule has 1 aromatic heterocycles. The average molecular weight is 381 g/mol. The summed E-state index contributed by atoms with van der Waals surface area (Å²) in [5.74, 6) is 1.91. The fourth-order valence-electron chi connectivity index (χ4n) is 2.01. The quantitative estimate of drug-likeness (QED) is 0.489. The molecule has 0 aliphatic heterocycles. The van der Waals surface area contributed by atoms with Crippen LogP contribution in [0, 0.1) is 5.82 Å². The van der Waals surface area contributed by atoms with E-state index in [0.717, 1.165) is 23.5 Å². The largest absolute Gasteiger partial charge is 0.396 e. The number of aliphatic hydroxyl groups excluding tert-OH is 1.